The molecule has 20 heavy (non-hydrogen) atoms. The van der Waals surface area contributed by atoms with E-state index in [1.54, 1.807) is 19.1 Å². The molecular weight excluding hydrogens is 259 g/mol. The van der Waals surface area contributed by atoms with Gasteiger partial charge in [-0.3, -0.25) is 0 Å². The van der Waals surface area contributed by atoms with Crippen molar-refractivity contribution >= 4 is 11.7 Å². The molecular formula is C15H21FN2O2. The Labute approximate surface area is 118 Å². The summed E-state index contributed by atoms with van der Waals surface area (Å²) in [6, 6.07) is 4.26. The molecule has 1 aliphatic rings. The first-order valence-electron chi connectivity index (χ1n) is 7.03. The number of benzene rings is 1. The lowest BCUT2D eigenvalue weighted by molar-refractivity contribution is 0.101. The van der Waals surface area contributed by atoms with Gasteiger partial charge in [-0.25, -0.2) is 9.18 Å². The molecule has 110 valence electrons. The molecule has 1 aromatic carbocycles. The van der Waals surface area contributed by atoms with E-state index in [0.29, 0.717) is 23.7 Å². The summed E-state index contributed by atoms with van der Waals surface area (Å²) in [4.78, 5) is 11.7. The zero-order chi connectivity index (χ0) is 14.5. The van der Waals surface area contributed by atoms with Crippen LogP contribution in [0.5, 0.6) is 0 Å². The average molecular weight is 280 g/mol. The second-order valence-electron chi connectivity index (χ2n) is 5.49. The first kappa shape index (κ1) is 14.8. The first-order chi connectivity index (χ1) is 9.54. The number of rotatable bonds is 3. The van der Waals surface area contributed by atoms with Gasteiger partial charge in [0, 0.05) is 12.2 Å². The Morgan fingerprint density at radius 1 is 1.45 bits per heavy atom. The van der Waals surface area contributed by atoms with Crippen LogP contribution >= 0.6 is 0 Å². The molecule has 1 fully saturated rings. The van der Waals surface area contributed by atoms with Gasteiger partial charge in [0.15, 0.2) is 0 Å². The molecule has 0 bridgehead atoms. The summed E-state index contributed by atoms with van der Waals surface area (Å²) in [5, 5.41) is 14.9. The van der Waals surface area contributed by atoms with Crippen molar-refractivity contribution < 1.29 is 14.3 Å². The summed E-state index contributed by atoms with van der Waals surface area (Å²) in [7, 11) is 0. The van der Waals surface area contributed by atoms with Crippen LogP contribution in [0.25, 0.3) is 0 Å². The molecule has 0 aromatic heterocycles. The lowest BCUT2D eigenvalue weighted by Crippen LogP contribution is -2.35. The van der Waals surface area contributed by atoms with Crippen LogP contribution in [0, 0.1) is 18.7 Å². The van der Waals surface area contributed by atoms with Crippen LogP contribution < -0.4 is 10.6 Å². The van der Waals surface area contributed by atoms with Gasteiger partial charge in [-0.15, -0.1) is 0 Å². The van der Waals surface area contributed by atoms with Crippen LogP contribution in [-0.2, 0) is 0 Å². The third kappa shape index (κ3) is 4.20. The molecule has 2 amide bonds. The third-order valence-electron chi connectivity index (χ3n) is 3.74. The van der Waals surface area contributed by atoms with Crippen molar-refractivity contribution in [2.45, 2.75) is 38.7 Å². The molecule has 0 aliphatic heterocycles. The molecule has 5 heteroatoms. The van der Waals surface area contributed by atoms with Crippen LogP contribution in [-0.4, -0.2) is 23.8 Å². The second kappa shape index (κ2) is 6.70. The standard InChI is InChI=1S/C15H21FN2O2/c1-10-5-6-12(8-14(10)16)18-15(20)17-9-11-3-2-4-13(19)7-11/h5-6,8,11,13,19H,2-4,7,9H2,1H3,(H2,17,18,20). The van der Waals surface area contributed by atoms with Gasteiger partial charge in [-0.05, 0) is 49.8 Å². The molecule has 4 nitrogen and oxygen atoms in total. The SMILES string of the molecule is Cc1ccc(NC(=O)NCC2CCCC(O)C2)cc1F. The van der Waals surface area contributed by atoms with Crippen molar-refractivity contribution in [2.24, 2.45) is 5.92 Å². The summed E-state index contributed by atoms with van der Waals surface area (Å²) >= 11 is 0. The minimum atomic E-state index is -0.340. The number of hydrogen-bond acceptors (Lipinski definition) is 2. The number of carbonyl (C=O) groups excluding carboxylic acids is 1. The van der Waals surface area contributed by atoms with Crippen LogP contribution in [0.2, 0.25) is 0 Å². The highest BCUT2D eigenvalue weighted by atomic mass is 19.1. The summed E-state index contributed by atoms with van der Waals surface area (Å²) < 4.78 is 13.3. The topological polar surface area (TPSA) is 61.4 Å². The molecule has 0 saturated heterocycles. The number of halogens is 1. The largest absolute Gasteiger partial charge is 0.393 e. The highest BCUT2D eigenvalue weighted by Gasteiger charge is 2.20. The molecule has 1 aromatic rings. The van der Waals surface area contributed by atoms with Crippen LogP contribution in [0.1, 0.15) is 31.2 Å². The van der Waals surface area contributed by atoms with Gasteiger partial charge in [0.05, 0.1) is 6.10 Å². The Balaban J connectivity index is 1.78. The van der Waals surface area contributed by atoms with Gasteiger partial charge in [-0.2, -0.15) is 0 Å². The number of aliphatic hydroxyl groups excluding tert-OH is 1. The van der Waals surface area contributed by atoms with Gasteiger partial charge in [0.2, 0.25) is 0 Å². The minimum absolute atomic E-state index is 0.246. The van der Waals surface area contributed by atoms with Crippen molar-refractivity contribution in [1.29, 1.82) is 0 Å². The Morgan fingerprint density at radius 2 is 2.25 bits per heavy atom. The summed E-state index contributed by atoms with van der Waals surface area (Å²) in [6.07, 6.45) is 3.37. The van der Waals surface area contributed by atoms with E-state index >= 15 is 0 Å². The zero-order valence-electron chi connectivity index (χ0n) is 11.7. The summed E-state index contributed by atoms with van der Waals surface area (Å²) in [5.41, 5.74) is 0.987. The maximum absolute atomic E-state index is 13.3. The fourth-order valence-electron chi connectivity index (χ4n) is 2.53. The molecule has 0 heterocycles. The fourth-order valence-corrected chi connectivity index (χ4v) is 2.53. The number of amides is 2. The van der Waals surface area contributed by atoms with E-state index in [1.807, 2.05) is 0 Å². The van der Waals surface area contributed by atoms with Crippen LogP contribution in [0.3, 0.4) is 0 Å². The van der Waals surface area contributed by atoms with Gasteiger partial charge >= 0.3 is 6.03 Å². The van der Waals surface area contributed by atoms with Crippen LogP contribution in [0.15, 0.2) is 18.2 Å². The third-order valence-corrected chi connectivity index (χ3v) is 3.74. The minimum Gasteiger partial charge on any atom is -0.393 e. The molecule has 3 N–H and O–H groups in total. The summed E-state index contributed by atoms with van der Waals surface area (Å²) in [6.45, 7) is 2.21. The second-order valence-corrected chi connectivity index (χ2v) is 5.49. The Bertz CT molecular complexity index is 479. The first-order valence-corrected chi connectivity index (χ1v) is 7.03. The molecule has 1 aliphatic carbocycles. The average Bonchev–Trinajstić information content (AvgIpc) is 2.41. The van der Waals surface area contributed by atoms with Gasteiger partial charge in [-0.1, -0.05) is 12.5 Å². The number of anilines is 1. The van der Waals surface area contributed by atoms with Crippen molar-refractivity contribution in [1.82, 2.24) is 5.32 Å². The Hall–Kier alpha value is -1.62. The lowest BCUT2D eigenvalue weighted by atomic mass is 9.87. The van der Waals surface area contributed by atoms with E-state index in [1.165, 1.54) is 6.07 Å². The Morgan fingerprint density at radius 3 is 2.95 bits per heavy atom. The highest BCUT2D eigenvalue weighted by Crippen LogP contribution is 2.23. The number of aryl methyl sites for hydroxylation is 1. The fraction of sp³-hybridized carbons (Fsp3) is 0.533. The maximum Gasteiger partial charge on any atom is 0.319 e. The van der Waals surface area contributed by atoms with Gasteiger partial charge in [0.25, 0.3) is 0 Å². The normalized spacial score (nSPS) is 22.4. The maximum atomic E-state index is 13.3. The predicted octanol–water partition coefficient (Wildman–Crippen LogP) is 2.81. The van der Waals surface area contributed by atoms with Crippen molar-refractivity contribution in [3.63, 3.8) is 0 Å². The quantitative estimate of drug-likeness (QED) is 0.797. The van der Waals surface area contributed by atoms with Crippen molar-refractivity contribution in [3.8, 4) is 0 Å². The van der Waals surface area contributed by atoms with Crippen LogP contribution in [0.4, 0.5) is 14.9 Å². The van der Waals surface area contributed by atoms with E-state index in [9.17, 15) is 14.3 Å². The molecule has 1 saturated carbocycles. The smallest absolute Gasteiger partial charge is 0.319 e. The number of carbonyl (C=O) groups is 1. The Kier molecular flexibility index (Phi) is 4.95. The van der Waals surface area contributed by atoms with Crippen molar-refractivity contribution in [2.75, 3.05) is 11.9 Å². The van der Waals surface area contributed by atoms with E-state index in [0.717, 1.165) is 25.7 Å². The van der Waals surface area contributed by atoms with Crippen molar-refractivity contribution in [3.05, 3.63) is 29.6 Å². The van der Waals surface area contributed by atoms with E-state index < -0.39 is 0 Å². The van der Waals surface area contributed by atoms with Gasteiger partial charge < -0.3 is 15.7 Å². The number of hydrogen-bond donors (Lipinski definition) is 3. The number of urea groups is 1. The molecule has 0 radical (unpaired) electrons. The predicted molar refractivity (Wildman–Crippen MR) is 76.1 cm³/mol. The number of nitrogens with one attached hydrogen (secondary N) is 2. The van der Waals surface area contributed by atoms with E-state index in [4.69, 9.17) is 0 Å². The lowest BCUT2D eigenvalue weighted by Gasteiger charge is -2.25. The van der Waals surface area contributed by atoms with Gasteiger partial charge in [0.1, 0.15) is 5.82 Å². The highest BCUT2D eigenvalue weighted by molar-refractivity contribution is 5.89. The zero-order valence-corrected chi connectivity index (χ0v) is 11.7. The van der Waals surface area contributed by atoms with E-state index in [-0.39, 0.29) is 18.0 Å². The molecule has 2 unspecified atom stereocenters. The summed E-state index contributed by atoms with van der Waals surface area (Å²) in [5.74, 6) is -0.0162. The number of aliphatic hydroxyl groups is 1. The monoisotopic (exact) mass is 280 g/mol. The molecule has 0 spiro atoms. The molecule has 2 rings (SSSR count). The molecule has 2 atom stereocenters. The van der Waals surface area contributed by atoms with E-state index in [2.05, 4.69) is 10.6 Å².